The van der Waals surface area contributed by atoms with E-state index in [4.69, 9.17) is 5.11 Å². The fourth-order valence-corrected chi connectivity index (χ4v) is 2.57. The van der Waals surface area contributed by atoms with E-state index in [2.05, 4.69) is 0 Å². The van der Waals surface area contributed by atoms with Crippen molar-refractivity contribution in [3.63, 3.8) is 0 Å². The lowest BCUT2D eigenvalue weighted by molar-refractivity contribution is 0.0693. The summed E-state index contributed by atoms with van der Waals surface area (Å²) in [6.45, 7) is 0. The number of phenols is 1. The van der Waals surface area contributed by atoms with Gasteiger partial charge in [-0.3, -0.25) is 0 Å². The maximum Gasteiger partial charge on any atom is 0.339 e. The van der Waals surface area contributed by atoms with E-state index in [0.717, 1.165) is 3.57 Å². The van der Waals surface area contributed by atoms with Gasteiger partial charge in [-0.05, 0) is 57.3 Å². The third-order valence-electron chi connectivity index (χ3n) is 1.26. The van der Waals surface area contributed by atoms with Crippen molar-refractivity contribution in [2.45, 2.75) is 0 Å². The molecule has 0 bridgehead atoms. The van der Waals surface area contributed by atoms with Gasteiger partial charge in [0.2, 0.25) is 0 Å². The van der Waals surface area contributed by atoms with Crippen molar-refractivity contribution in [3.05, 3.63) is 24.8 Å². The molecule has 1 aromatic rings. The van der Waals surface area contributed by atoms with E-state index in [9.17, 15) is 9.90 Å². The topological polar surface area (TPSA) is 57.5 Å². The molecule has 1 aromatic carbocycles. The lowest BCUT2D eigenvalue weighted by Crippen LogP contribution is -1.98. The Balaban J connectivity index is 3.37. The summed E-state index contributed by atoms with van der Waals surface area (Å²) in [5.41, 5.74) is -0.0497. The number of carboxylic acid groups (broad SMARTS) is 1. The number of carboxylic acids is 1. The summed E-state index contributed by atoms with van der Waals surface area (Å²) in [5.74, 6) is -1.27. The summed E-state index contributed by atoms with van der Waals surface area (Å²) in [5, 5.41) is 17.9. The summed E-state index contributed by atoms with van der Waals surface area (Å²) in [6, 6.07) is 3.14. The minimum Gasteiger partial charge on any atom is -0.506 e. The molecule has 2 N–H and O–H groups in total. The van der Waals surface area contributed by atoms with Gasteiger partial charge in [-0.25, -0.2) is 4.79 Å². The van der Waals surface area contributed by atoms with Gasteiger partial charge in [-0.15, -0.1) is 0 Å². The van der Waals surface area contributed by atoms with Gasteiger partial charge in [-0.1, -0.05) is 0 Å². The summed E-state index contributed by atoms with van der Waals surface area (Å²) in [7, 11) is 0. The monoisotopic (exact) mass is 390 g/mol. The molecule has 0 aromatic heterocycles. The first-order valence-electron chi connectivity index (χ1n) is 2.93. The molecule has 5 heteroatoms. The molecular formula is C7H4I2O3. The van der Waals surface area contributed by atoms with Crippen LogP contribution < -0.4 is 0 Å². The molecule has 0 atom stereocenters. The molecule has 64 valence electrons. The second-order valence-electron chi connectivity index (χ2n) is 2.09. The number of hydrogen-bond acceptors (Lipinski definition) is 2. The van der Waals surface area contributed by atoms with Crippen LogP contribution in [0.15, 0.2) is 12.1 Å². The zero-order valence-electron chi connectivity index (χ0n) is 5.71. The number of rotatable bonds is 1. The fraction of sp³-hybridized carbons (Fsp3) is 0. The Kier molecular flexibility index (Phi) is 3.16. The highest BCUT2D eigenvalue weighted by Crippen LogP contribution is 2.26. The molecule has 0 heterocycles. The maximum atomic E-state index is 10.6. The van der Waals surface area contributed by atoms with Crippen LogP contribution in [-0.4, -0.2) is 16.2 Å². The first-order valence-corrected chi connectivity index (χ1v) is 5.09. The molecule has 0 aliphatic carbocycles. The molecule has 0 amide bonds. The van der Waals surface area contributed by atoms with Crippen LogP contribution in [0.25, 0.3) is 0 Å². The molecule has 0 radical (unpaired) electrons. The first kappa shape index (κ1) is 10.0. The van der Waals surface area contributed by atoms with Crippen molar-refractivity contribution in [1.29, 1.82) is 0 Å². The standard InChI is InChI=1S/C7H4I2O3/c8-3-1-4(7(11)12)6(10)5(9)2-3/h1-2,10H,(H,11,12). The molecule has 12 heavy (non-hydrogen) atoms. The predicted molar refractivity (Wildman–Crippen MR) is 60.5 cm³/mol. The van der Waals surface area contributed by atoms with Crippen molar-refractivity contribution in [3.8, 4) is 5.75 Å². The molecule has 0 aliphatic rings. The number of benzene rings is 1. The van der Waals surface area contributed by atoms with E-state index in [0.29, 0.717) is 3.57 Å². The van der Waals surface area contributed by atoms with Gasteiger partial charge >= 0.3 is 5.97 Å². The third kappa shape index (κ3) is 2.00. The first-order chi connectivity index (χ1) is 5.52. The Bertz CT molecular complexity index is 336. The maximum absolute atomic E-state index is 10.6. The van der Waals surface area contributed by atoms with E-state index in [1.54, 1.807) is 6.07 Å². The lowest BCUT2D eigenvalue weighted by atomic mass is 10.2. The predicted octanol–water partition coefficient (Wildman–Crippen LogP) is 2.30. The van der Waals surface area contributed by atoms with Crippen molar-refractivity contribution in [1.82, 2.24) is 0 Å². The van der Waals surface area contributed by atoms with Crippen molar-refractivity contribution in [2.24, 2.45) is 0 Å². The Hall–Kier alpha value is -0.0500. The number of aromatic hydroxyl groups is 1. The molecule has 0 saturated heterocycles. The number of hydrogen-bond donors (Lipinski definition) is 2. The van der Waals surface area contributed by atoms with Gasteiger partial charge in [0.05, 0.1) is 3.57 Å². The minimum atomic E-state index is -1.11. The third-order valence-corrected chi connectivity index (χ3v) is 2.70. The molecule has 3 nitrogen and oxygen atoms in total. The van der Waals surface area contributed by atoms with E-state index in [-0.39, 0.29) is 11.3 Å². The number of carbonyl (C=O) groups is 1. The average Bonchev–Trinajstić information content (AvgIpc) is 1.96. The molecule has 0 saturated carbocycles. The van der Waals surface area contributed by atoms with Gasteiger partial charge in [-0.2, -0.15) is 0 Å². The van der Waals surface area contributed by atoms with Crippen LogP contribution in [0, 0.1) is 7.14 Å². The highest BCUT2D eigenvalue weighted by atomic mass is 127. The Morgan fingerprint density at radius 3 is 2.42 bits per heavy atom. The van der Waals surface area contributed by atoms with E-state index >= 15 is 0 Å². The zero-order valence-corrected chi connectivity index (χ0v) is 10.0. The highest BCUT2D eigenvalue weighted by molar-refractivity contribution is 14.1. The summed E-state index contributed by atoms with van der Waals surface area (Å²) < 4.78 is 1.35. The van der Waals surface area contributed by atoms with Gasteiger partial charge < -0.3 is 10.2 Å². The van der Waals surface area contributed by atoms with Crippen LogP contribution in [0.4, 0.5) is 0 Å². The second kappa shape index (κ2) is 3.77. The lowest BCUT2D eigenvalue weighted by Gasteiger charge is -2.02. The van der Waals surface area contributed by atoms with Crippen LogP contribution in [0.2, 0.25) is 0 Å². The van der Waals surface area contributed by atoms with Crippen LogP contribution in [0.5, 0.6) is 5.75 Å². The van der Waals surface area contributed by atoms with Gasteiger partial charge in [0.1, 0.15) is 11.3 Å². The van der Waals surface area contributed by atoms with Crippen LogP contribution in [0.1, 0.15) is 10.4 Å². The molecular weight excluding hydrogens is 386 g/mol. The summed E-state index contributed by atoms with van der Waals surface area (Å²) >= 11 is 3.89. The van der Waals surface area contributed by atoms with Crippen LogP contribution in [0.3, 0.4) is 0 Å². The van der Waals surface area contributed by atoms with Crippen LogP contribution in [-0.2, 0) is 0 Å². The summed E-state index contributed by atoms with van der Waals surface area (Å²) in [4.78, 5) is 10.6. The molecule has 0 fully saturated rings. The Labute approximate surface area is 96.1 Å². The molecule has 1 rings (SSSR count). The average molecular weight is 390 g/mol. The van der Waals surface area contributed by atoms with E-state index < -0.39 is 5.97 Å². The Morgan fingerprint density at radius 2 is 1.92 bits per heavy atom. The SMILES string of the molecule is O=C(O)c1cc(I)cc(I)c1O. The smallest absolute Gasteiger partial charge is 0.339 e. The normalized spacial score (nSPS) is 9.83. The largest absolute Gasteiger partial charge is 0.506 e. The molecule has 0 aliphatic heterocycles. The molecule has 0 unspecified atom stereocenters. The Morgan fingerprint density at radius 1 is 1.33 bits per heavy atom. The zero-order chi connectivity index (χ0) is 9.30. The van der Waals surface area contributed by atoms with Crippen molar-refractivity contribution < 1.29 is 15.0 Å². The summed E-state index contributed by atoms with van der Waals surface area (Å²) in [6.07, 6.45) is 0. The second-order valence-corrected chi connectivity index (χ2v) is 4.50. The number of halogens is 2. The number of aromatic carboxylic acids is 1. The van der Waals surface area contributed by atoms with E-state index in [1.807, 2.05) is 45.2 Å². The van der Waals surface area contributed by atoms with Gasteiger partial charge in [0, 0.05) is 3.57 Å². The quantitative estimate of drug-likeness (QED) is 0.724. The fourth-order valence-electron chi connectivity index (χ4n) is 0.729. The van der Waals surface area contributed by atoms with Gasteiger partial charge in [0.25, 0.3) is 0 Å². The minimum absolute atomic E-state index is 0.0497. The van der Waals surface area contributed by atoms with E-state index in [1.165, 1.54) is 6.07 Å². The van der Waals surface area contributed by atoms with Crippen molar-refractivity contribution >= 4 is 51.2 Å². The van der Waals surface area contributed by atoms with Gasteiger partial charge in [0.15, 0.2) is 0 Å². The van der Waals surface area contributed by atoms with Crippen LogP contribution >= 0.6 is 45.2 Å². The highest BCUT2D eigenvalue weighted by Gasteiger charge is 2.12. The van der Waals surface area contributed by atoms with Crippen molar-refractivity contribution in [2.75, 3.05) is 0 Å². The molecule has 0 spiro atoms.